The van der Waals surface area contributed by atoms with E-state index >= 15 is 0 Å². The molecule has 0 saturated heterocycles. The lowest BCUT2D eigenvalue weighted by molar-refractivity contribution is -0.112. The number of ether oxygens (including phenoxy) is 3. The second-order valence-corrected chi connectivity index (χ2v) is 5.47. The van der Waals surface area contributed by atoms with E-state index in [4.69, 9.17) is 19.5 Å². The van der Waals surface area contributed by atoms with Crippen molar-refractivity contribution in [2.45, 2.75) is 0 Å². The van der Waals surface area contributed by atoms with Gasteiger partial charge in [-0.2, -0.15) is 10.5 Å². The van der Waals surface area contributed by atoms with Gasteiger partial charge < -0.3 is 19.5 Å². The molecule has 1 heterocycles. The molecule has 0 aliphatic carbocycles. The molecule has 7 nitrogen and oxygen atoms in total. The number of rotatable bonds is 5. The van der Waals surface area contributed by atoms with Crippen molar-refractivity contribution in [3.05, 3.63) is 53.6 Å². The van der Waals surface area contributed by atoms with Crippen LogP contribution < -0.4 is 19.5 Å². The Hall–Kier alpha value is -3.97. The Morgan fingerprint density at radius 1 is 1.15 bits per heavy atom. The first kappa shape index (κ1) is 17.8. The average molecular weight is 361 g/mol. The average Bonchev–Trinajstić information content (AvgIpc) is 2.71. The van der Waals surface area contributed by atoms with Crippen LogP contribution in [-0.2, 0) is 4.79 Å². The van der Waals surface area contributed by atoms with Crippen molar-refractivity contribution in [1.29, 1.82) is 10.5 Å². The third-order valence-electron chi connectivity index (χ3n) is 3.68. The zero-order chi connectivity index (χ0) is 19.1. The van der Waals surface area contributed by atoms with Gasteiger partial charge in [-0.15, -0.1) is 0 Å². The second-order valence-electron chi connectivity index (χ2n) is 5.47. The third kappa shape index (κ3) is 4.36. The van der Waals surface area contributed by atoms with Gasteiger partial charge in [-0.3, -0.25) is 4.79 Å². The number of nitriles is 2. The number of fused-ring (bicyclic) bond motifs is 1. The Bertz CT molecular complexity index is 970. The first-order valence-corrected chi connectivity index (χ1v) is 8.13. The maximum absolute atomic E-state index is 12.5. The maximum Gasteiger partial charge on any atom is 0.266 e. The molecular formula is C20H15N3O4. The van der Waals surface area contributed by atoms with E-state index in [1.54, 1.807) is 42.5 Å². The summed E-state index contributed by atoms with van der Waals surface area (Å²) < 4.78 is 16.2. The Morgan fingerprint density at radius 3 is 2.70 bits per heavy atom. The molecule has 0 radical (unpaired) electrons. The zero-order valence-corrected chi connectivity index (χ0v) is 14.3. The molecule has 27 heavy (non-hydrogen) atoms. The van der Waals surface area contributed by atoms with Crippen LogP contribution in [-0.4, -0.2) is 25.7 Å². The molecule has 1 N–H and O–H groups in total. The van der Waals surface area contributed by atoms with Gasteiger partial charge in [-0.1, -0.05) is 18.2 Å². The van der Waals surface area contributed by atoms with E-state index in [9.17, 15) is 10.1 Å². The number of benzene rings is 2. The van der Waals surface area contributed by atoms with Crippen LogP contribution in [0, 0.1) is 22.7 Å². The predicted octanol–water partition coefficient (Wildman–Crippen LogP) is 2.91. The predicted molar refractivity (Wildman–Crippen MR) is 97.2 cm³/mol. The van der Waals surface area contributed by atoms with E-state index in [0.717, 1.165) is 0 Å². The molecule has 0 bridgehead atoms. The molecule has 0 saturated carbocycles. The molecule has 2 aromatic rings. The van der Waals surface area contributed by atoms with Gasteiger partial charge in [0.2, 0.25) is 0 Å². The van der Waals surface area contributed by atoms with Crippen LogP contribution in [0.5, 0.6) is 17.2 Å². The van der Waals surface area contributed by atoms with Crippen molar-refractivity contribution in [2.24, 2.45) is 0 Å². The highest BCUT2D eigenvalue weighted by atomic mass is 16.6. The summed E-state index contributed by atoms with van der Waals surface area (Å²) in [5, 5.41) is 20.7. The lowest BCUT2D eigenvalue weighted by Gasteiger charge is -2.18. The molecule has 3 rings (SSSR count). The van der Waals surface area contributed by atoms with E-state index in [1.807, 2.05) is 12.1 Å². The number of carbonyl (C=O) groups excluding carboxylic acids is 1. The van der Waals surface area contributed by atoms with Crippen molar-refractivity contribution in [1.82, 2.24) is 0 Å². The van der Waals surface area contributed by atoms with Crippen LogP contribution in [0.15, 0.2) is 48.0 Å². The van der Waals surface area contributed by atoms with Gasteiger partial charge in [0.25, 0.3) is 5.91 Å². The van der Waals surface area contributed by atoms with E-state index in [1.165, 1.54) is 6.08 Å². The van der Waals surface area contributed by atoms with Crippen molar-refractivity contribution in [3.63, 3.8) is 0 Å². The molecule has 1 aliphatic rings. The molecule has 0 fully saturated rings. The monoisotopic (exact) mass is 361 g/mol. The lowest BCUT2D eigenvalue weighted by atomic mass is 10.1. The van der Waals surface area contributed by atoms with Gasteiger partial charge in [-0.25, -0.2) is 0 Å². The van der Waals surface area contributed by atoms with Gasteiger partial charge >= 0.3 is 0 Å². The van der Waals surface area contributed by atoms with Crippen LogP contribution in [0.2, 0.25) is 0 Å². The summed E-state index contributed by atoms with van der Waals surface area (Å²) in [5.41, 5.74) is 0.916. The summed E-state index contributed by atoms with van der Waals surface area (Å²) >= 11 is 0. The fraction of sp³-hybridized carbons (Fsp3) is 0.150. The summed E-state index contributed by atoms with van der Waals surface area (Å²) in [5.74, 6) is 0.999. The van der Waals surface area contributed by atoms with E-state index < -0.39 is 5.91 Å². The van der Waals surface area contributed by atoms with E-state index in [2.05, 4.69) is 5.32 Å². The highest BCUT2D eigenvalue weighted by Gasteiger charge is 2.15. The number of amides is 1. The first-order chi connectivity index (χ1) is 13.2. The van der Waals surface area contributed by atoms with Crippen molar-refractivity contribution in [2.75, 3.05) is 25.1 Å². The summed E-state index contributed by atoms with van der Waals surface area (Å²) in [6.45, 7) is 0.788. The smallest absolute Gasteiger partial charge is 0.266 e. The van der Waals surface area contributed by atoms with Crippen LogP contribution in [0.4, 0.5) is 5.69 Å². The third-order valence-corrected chi connectivity index (χ3v) is 3.68. The largest absolute Gasteiger partial charge is 0.486 e. The highest BCUT2D eigenvalue weighted by molar-refractivity contribution is 6.10. The molecule has 1 amide bonds. The number of hydrogen-bond acceptors (Lipinski definition) is 6. The zero-order valence-electron chi connectivity index (χ0n) is 14.3. The minimum Gasteiger partial charge on any atom is -0.486 e. The summed E-state index contributed by atoms with van der Waals surface area (Å²) in [6, 6.07) is 15.6. The maximum atomic E-state index is 12.5. The highest BCUT2D eigenvalue weighted by Crippen LogP contribution is 2.32. The number of para-hydroxylation sites is 1. The van der Waals surface area contributed by atoms with Gasteiger partial charge in [0.1, 0.15) is 36.7 Å². The standard InChI is InChI=1S/C20H15N3O4/c21-7-8-25-17-4-2-1-3-14(17)11-15(13-22)20(24)23-16-5-6-18-19(12-16)27-10-9-26-18/h1-6,11-12H,8-10H2,(H,23,24)/b15-11+. The molecule has 0 spiro atoms. The first-order valence-electron chi connectivity index (χ1n) is 8.13. The van der Waals surface area contributed by atoms with Crippen molar-refractivity contribution < 1.29 is 19.0 Å². The number of nitrogens with one attached hydrogen (secondary N) is 1. The van der Waals surface area contributed by atoms with Gasteiger partial charge in [-0.05, 0) is 24.3 Å². The van der Waals surface area contributed by atoms with Gasteiger partial charge in [0.05, 0.1) is 0 Å². The summed E-state index contributed by atoms with van der Waals surface area (Å²) in [4.78, 5) is 12.5. The number of nitrogens with zero attached hydrogens (tertiary/aromatic N) is 2. The SMILES string of the molecule is N#CCOc1ccccc1/C=C(\C#N)C(=O)Nc1ccc2c(c1)OCCO2. The topological polar surface area (TPSA) is 104 Å². The normalized spacial score (nSPS) is 12.4. The molecular weight excluding hydrogens is 346 g/mol. The second kappa shape index (κ2) is 8.41. The van der Waals surface area contributed by atoms with Crippen LogP contribution >= 0.6 is 0 Å². The van der Waals surface area contributed by atoms with Crippen LogP contribution in [0.3, 0.4) is 0 Å². The fourth-order valence-electron chi connectivity index (χ4n) is 2.46. The van der Waals surface area contributed by atoms with Gasteiger partial charge in [0.15, 0.2) is 18.1 Å². The van der Waals surface area contributed by atoms with Crippen LogP contribution in [0.25, 0.3) is 6.08 Å². The van der Waals surface area contributed by atoms with Crippen molar-refractivity contribution in [3.8, 4) is 29.4 Å². The Balaban J connectivity index is 1.80. The molecule has 1 aliphatic heterocycles. The minimum atomic E-state index is -0.565. The number of carbonyl (C=O) groups is 1. The number of hydrogen-bond donors (Lipinski definition) is 1. The van der Waals surface area contributed by atoms with E-state index in [-0.39, 0.29) is 12.2 Å². The van der Waals surface area contributed by atoms with Crippen LogP contribution in [0.1, 0.15) is 5.56 Å². The molecule has 7 heteroatoms. The molecule has 0 atom stereocenters. The number of anilines is 1. The Morgan fingerprint density at radius 2 is 1.93 bits per heavy atom. The van der Waals surface area contributed by atoms with Gasteiger partial charge in [0, 0.05) is 17.3 Å². The Labute approximate surface area is 156 Å². The molecule has 0 aromatic heterocycles. The molecule has 0 unspecified atom stereocenters. The molecule has 134 valence electrons. The van der Waals surface area contributed by atoms with Crippen molar-refractivity contribution >= 4 is 17.7 Å². The molecule has 2 aromatic carbocycles. The Kier molecular flexibility index (Phi) is 5.56. The quantitative estimate of drug-likeness (QED) is 0.648. The fourth-order valence-corrected chi connectivity index (χ4v) is 2.46. The van der Waals surface area contributed by atoms with E-state index in [0.29, 0.717) is 41.7 Å². The summed E-state index contributed by atoms with van der Waals surface area (Å²) in [6.07, 6.45) is 1.42. The summed E-state index contributed by atoms with van der Waals surface area (Å²) in [7, 11) is 0. The lowest BCUT2D eigenvalue weighted by Crippen LogP contribution is -2.17. The minimum absolute atomic E-state index is 0.0992.